The molecule has 1 aliphatic rings. The summed E-state index contributed by atoms with van der Waals surface area (Å²) in [5.41, 5.74) is 1.68. The molecule has 528 valence electrons. The van der Waals surface area contributed by atoms with Crippen molar-refractivity contribution < 1.29 is 62.6 Å². The first-order valence-electron chi connectivity index (χ1n) is 33.7. The second-order valence-corrected chi connectivity index (χ2v) is 28.9. The molecule has 93 heavy (non-hydrogen) atoms. The van der Waals surface area contributed by atoms with Gasteiger partial charge in [-0.25, -0.2) is 4.79 Å². The van der Waals surface area contributed by atoms with Crippen molar-refractivity contribution in [3.05, 3.63) is 29.6 Å². The van der Waals surface area contributed by atoms with Crippen molar-refractivity contribution in [3.63, 3.8) is 0 Å². The van der Waals surface area contributed by atoms with Gasteiger partial charge in [0.25, 0.3) is 5.91 Å². The van der Waals surface area contributed by atoms with Gasteiger partial charge in [-0.15, -0.1) is 0 Å². The molecule has 2 rings (SSSR count). The molecular formula is C69H119N11O13. The van der Waals surface area contributed by atoms with E-state index >= 15 is 14.4 Å². The van der Waals surface area contributed by atoms with Crippen LogP contribution in [0.4, 0.5) is 0 Å². The van der Waals surface area contributed by atoms with Crippen molar-refractivity contribution in [2.75, 3.05) is 48.8 Å². The lowest BCUT2D eigenvalue weighted by Crippen LogP contribution is -2.63. The molecule has 0 saturated carbocycles. The lowest BCUT2D eigenvalue weighted by molar-refractivity contribution is -0.166. The number of pyridine rings is 1. The summed E-state index contributed by atoms with van der Waals surface area (Å²) < 4.78 is 5.92. The van der Waals surface area contributed by atoms with Gasteiger partial charge in [0, 0.05) is 53.7 Å². The topological polar surface area (TPSA) is 298 Å². The number of rotatable bonds is 19. The van der Waals surface area contributed by atoms with Gasteiger partial charge in [0.15, 0.2) is 6.10 Å². The molecule has 1 fully saturated rings. The molecule has 0 radical (unpaired) electrons. The Morgan fingerprint density at radius 2 is 0.946 bits per heavy atom. The maximum Gasteiger partial charge on any atom is 0.329 e. The van der Waals surface area contributed by atoms with Crippen molar-refractivity contribution in [1.29, 1.82) is 0 Å². The van der Waals surface area contributed by atoms with E-state index in [1.54, 1.807) is 41.5 Å². The van der Waals surface area contributed by atoms with Gasteiger partial charge < -0.3 is 60.5 Å². The van der Waals surface area contributed by atoms with E-state index in [0.717, 1.165) is 21.2 Å². The number of nitrogens with zero attached hydrogens (tertiary/aromatic N) is 7. The largest absolute Gasteiger partial charge is 0.450 e. The summed E-state index contributed by atoms with van der Waals surface area (Å²) in [5, 5.41) is 23.7. The highest BCUT2D eigenvalue weighted by atomic mass is 16.6. The highest BCUT2D eigenvalue weighted by Crippen LogP contribution is 2.26. The van der Waals surface area contributed by atoms with Gasteiger partial charge in [0.1, 0.15) is 54.4 Å². The van der Waals surface area contributed by atoms with Crippen molar-refractivity contribution in [2.24, 2.45) is 47.3 Å². The first-order valence-corrected chi connectivity index (χ1v) is 33.7. The zero-order valence-corrected chi connectivity index (χ0v) is 60.7. The zero-order chi connectivity index (χ0) is 71.4. The van der Waals surface area contributed by atoms with Crippen LogP contribution < -0.4 is 21.3 Å². The number of likely N-dealkylation sites (N-methyl/N-ethyl adjacent to an activating group) is 6. The number of hydrogen-bond acceptors (Lipinski definition) is 14. The van der Waals surface area contributed by atoms with Crippen molar-refractivity contribution in [2.45, 2.75) is 249 Å². The fourth-order valence-electron chi connectivity index (χ4n) is 11.8. The maximum absolute atomic E-state index is 15.3. The molecule has 10 amide bonds. The van der Waals surface area contributed by atoms with E-state index in [4.69, 9.17) is 4.74 Å². The number of aliphatic hydroxyl groups is 1. The summed E-state index contributed by atoms with van der Waals surface area (Å²) in [7, 11) is 8.43. The van der Waals surface area contributed by atoms with Crippen LogP contribution in [0.25, 0.3) is 0 Å². The van der Waals surface area contributed by atoms with Crippen LogP contribution in [0.2, 0.25) is 0 Å². The van der Waals surface area contributed by atoms with Gasteiger partial charge >= 0.3 is 5.97 Å². The number of ether oxygens (including phenoxy) is 1. The Morgan fingerprint density at radius 3 is 1.39 bits per heavy atom. The van der Waals surface area contributed by atoms with Crippen LogP contribution in [-0.2, 0) is 63.9 Å². The summed E-state index contributed by atoms with van der Waals surface area (Å²) in [6, 6.07) is -5.83. The summed E-state index contributed by atoms with van der Waals surface area (Å²) in [4.78, 5) is 174. The molecule has 0 aromatic carbocycles. The van der Waals surface area contributed by atoms with Gasteiger partial charge in [-0.1, -0.05) is 117 Å². The van der Waals surface area contributed by atoms with E-state index in [2.05, 4.69) is 26.3 Å². The monoisotopic (exact) mass is 1310 g/mol. The summed E-state index contributed by atoms with van der Waals surface area (Å²) >= 11 is 0. The SMILES string of the molecule is CC[C@@H]1NC(=O)[C@H](C(O)[C@H](C)CCCc2cccc(C)n2)N(C)C(=O)[C@H](C(C)C)N(C)C(=O)[C@@H](CC(C)C)NC(=O)[C@H](CC(C)C)N(C)C(=O)[C@H](C(C)C)OC(=O)[C@@H](C)NC(=O)[C@H](CC(C)C)N(C)C(=O)[C@@H](CC(C)C)NC(=O)[C@H](CC(C)C)N(C)C(=O)CN(C)C1=O. The minimum atomic E-state index is -1.64. The number of aliphatic hydroxyl groups excluding tert-OH is 1. The average molecular weight is 1310 g/mol. The Hall–Kier alpha value is -6.72. The maximum atomic E-state index is 15.3. The normalized spacial score (nSPS) is 25.4. The molecule has 0 aliphatic carbocycles. The zero-order valence-electron chi connectivity index (χ0n) is 60.7. The Kier molecular flexibility index (Phi) is 33.6. The quantitative estimate of drug-likeness (QED) is 0.112. The van der Waals surface area contributed by atoms with Crippen LogP contribution in [-0.4, -0.2) is 220 Å². The number of esters is 1. The van der Waals surface area contributed by atoms with Gasteiger partial charge in [-0.2, -0.15) is 0 Å². The average Bonchev–Trinajstić information content (AvgIpc) is 0.825. The highest BCUT2D eigenvalue weighted by Gasteiger charge is 2.45. The first-order chi connectivity index (χ1) is 43.1. The lowest BCUT2D eigenvalue weighted by atomic mass is 9.90. The molecule has 5 N–H and O–H groups in total. The van der Waals surface area contributed by atoms with Crippen molar-refractivity contribution in [3.8, 4) is 0 Å². The van der Waals surface area contributed by atoms with Crippen molar-refractivity contribution >= 4 is 65.0 Å². The number of amides is 10. The molecule has 1 aliphatic heterocycles. The molecule has 24 heteroatoms. The fraction of sp³-hybridized carbons (Fsp3) is 0.768. The van der Waals surface area contributed by atoms with Crippen LogP contribution >= 0.6 is 0 Å². The molecule has 1 saturated heterocycles. The number of aryl methyl sites for hydroxylation is 2. The van der Waals surface area contributed by atoms with E-state index in [1.165, 1.54) is 68.8 Å². The van der Waals surface area contributed by atoms with Crippen LogP contribution in [0.3, 0.4) is 0 Å². The molecule has 1 aromatic heterocycles. The van der Waals surface area contributed by atoms with Crippen molar-refractivity contribution in [1.82, 2.24) is 55.7 Å². The minimum absolute atomic E-state index is 0.0102. The minimum Gasteiger partial charge on any atom is -0.450 e. The van der Waals surface area contributed by atoms with Gasteiger partial charge in [-0.05, 0) is 131 Å². The highest BCUT2D eigenvalue weighted by molar-refractivity contribution is 5.99. The fourth-order valence-corrected chi connectivity index (χ4v) is 11.8. The Balaban J connectivity index is 3.00. The van der Waals surface area contributed by atoms with Crippen LogP contribution in [0.5, 0.6) is 0 Å². The van der Waals surface area contributed by atoms with Crippen LogP contribution in [0, 0.1) is 54.3 Å². The van der Waals surface area contributed by atoms with E-state index in [-0.39, 0.29) is 68.1 Å². The third-order valence-corrected chi connectivity index (χ3v) is 17.3. The lowest BCUT2D eigenvalue weighted by Gasteiger charge is -2.40. The summed E-state index contributed by atoms with van der Waals surface area (Å²) in [5.74, 6) is -10.7. The number of hydrogen-bond donors (Lipinski definition) is 5. The second kappa shape index (κ2) is 38.0. The smallest absolute Gasteiger partial charge is 0.329 e. The third-order valence-electron chi connectivity index (χ3n) is 17.3. The molecular weight excluding hydrogens is 1190 g/mol. The molecule has 0 spiro atoms. The first kappa shape index (κ1) is 82.4. The standard InChI is InChI=1S/C69H119N11O13/c1-25-49-64(87)75(19)37-55(81)76(20)52(34-40(6)7)61(84)73-50(32-38(2)3)65(88)77(21)53(35-41(8)9)60(83)71-47(18)69(92)93-59(44(14)15)68(91)78(22)54(36-42(10)11)62(85)74-51(33-39(4)5)66(89)79(23)56(43(12)13)67(90)80(24)57(63(86)72-49)58(82)45(16)28-26-30-48-31-27-29-46(17)70-48/h27,29,31,38-45,47,49-54,56-59,82H,25-26,28,30,32-37H2,1-24H3,(H,71,83)(H,72,86)(H,73,84)(H,74,85)/t45-,47-,49+,50-,51-,52+,53+,54+,56+,57+,58?,59+/m1/s1. The Bertz CT molecular complexity index is 2680. The van der Waals surface area contributed by atoms with E-state index in [9.17, 15) is 43.5 Å². The van der Waals surface area contributed by atoms with E-state index < -0.39 is 156 Å². The Morgan fingerprint density at radius 1 is 0.516 bits per heavy atom. The van der Waals surface area contributed by atoms with Crippen LogP contribution in [0.15, 0.2) is 18.2 Å². The molecule has 1 aromatic rings. The van der Waals surface area contributed by atoms with Crippen LogP contribution in [0.1, 0.15) is 180 Å². The van der Waals surface area contributed by atoms with Gasteiger partial charge in [0.05, 0.1) is 12.6 Å². The molecule has 12 atom stereocenters. The molecule has 24 nitrogen and oxygen atoms in total. The van der Waals surface area contributed by atoms with Gasteiger partial charge in [-0.3, -0.25) is 52.9 Å². The number of aromatic nitrogens is 1. The third kappa shape index (κ3) is 24.5. The number of cyclic esters (lactones) is 1. The van der Waals surface area contributed by atoms with E-state index in [1.807, 2.05) is 94.4 Å². The van der Waals surface area contributed by atoms with Gasteiger partial charge in [0.2, 0.25) is 53.2 Å². The summed E-state index contributed by atoms with van der Waals surface area (Å²) in [6.45, 7) is 31.5. The number of carbonyl (C=O) groups excluding carboxylic acids is 11. The number of nitrogens with one attached hydrogen (secondary N) is 4. The predicted octanol–water partition coefficient (Wildman–Crippen LogP) is 5.14. The number of carbonyl (C=O) groups is 11. The molecule has 0 bridgehead atoms. The summed E-state index contributed by atoms with van der Waals surface area (Å²) in [6.07, 6.45) is -0.839. The second-order valence-electron chi connectivity index (χ2n) is 28.9. The van der Waals surface area contributed by atoms with E-state index in [0.29, 0.717) is 19.3 Å². The predicted molar refractivity (Wildman–Crippen MR) is 358 cm³/mol. The Labute approximate surface area is 555 Å². The molecule has 2 heterocycles. The molecule has 1 unspecified atom stereocenters.